The van der Waals surface area contributed by atoms with Crippen LogP contribution in [0.15, 0.2) is 42.6 Å². The molecule has 1 aromatic carbocycles. The van der Waals surface area contributed by atoms with Gasteiger partial charge in [0.2, 0.25) is 5.91 Å². The van der Waals surface area contributed by atoms with Gasteiger partial charge < -0.3 is 4.90 Å². The van der Waals surface area contributed by atoms with Gasteiger partial charge in [-0.25, -0.2) is 4.39 Å². The molecule has 1 saturated carbocycles. The summed E-state index contributed by atoms with van der Waals surface area (Å²) in [5.41, 5.74) is 2.75. The molecule has 1 aliphatic heterocycles. The average molecular weight is 296 g/mol. The minimum Gasteiger partial charge on any atom is -0.337 e. The SMILES string of the molecule is O=C(N1CCc2ncccc2C1)C1(c2ccc(F)cc2)CC1. The number of aromatic nitrogens is 1. The van der Waals surface area contributed by atoms with Crippen LogP contribution in [-0.4, -0.2) is 22.3 Å². The summed E-state index contributed by atoms with van der Waals surface area (Å²) in [7, 11) is 0. The number of benzene rings is 1. The van der Waals surface area contributed by atoms with Crippen molar-refractivity contribution in [3.63, 3.8) is 0 Å². The summed E-state index contributed by atoms with van der Waals surface area (Å²) in [5.74, 6) is -0.0846. The van der Waals surface area contributed by atoms with Gasteiger partial charge in [-0.2, -0.15) is 0 Å². The fraction of sp³-hybridized carbons (Fsp3) is 0.333. The van der Waals surface area contributed by atoms with E-state index in [4.69, 9.17) is 0 Å². The normalized spacial score (nSPS) is 18.7. The van der Waals surface area contributed by atoms with E-state index in [-0.39, 0.29) is 11.7 Å². The van der Waals surface area contributed by atoms with Crippen molar-refractivity contribution in [3.05, 3.63) is 65.2 Å². The minimum atomic E-state index is -0.423. The highest BCUT2D eigenvalue weighted by Crippen LogP contribution is 2.50. The first-order valence-electron chi connectivity index (χ1n) is 7.67. The number of halogens is 1. The second kappa shape index (κ2) is 4.90. The van der Waals surface area contributed by atoms with E-state index >= 15 is 0 Å². The molecule has 3 nitrogen and oxygen atoms in total. The third-order valence-electron chi connectivity index (χ3n) is 4.81. The Hall–Kier alpha value is -2.23. The van der Waals surface area contributed by atoms with Gasteiger partial charge in [-0.15, -0.1) is 0 Å². The fourth-order valence-corrected chi connectivity index (χ4v) is 3.36. The molecule has 4 rings (SSSR count). The van der Waals surface area contributed by atoms with E-state index in [2.05, 4.69) is 4.98 Å². The van der Waals surface area contributed by atoms with Crippen molar-refractivity contribution in [2.24, 2.45) is 0 Å². The molecule has 0 N–H and O–H groups in total. The molecule has 0 atom stereocenters. The Morgan fingerprint density at radius 2 is 1.95 bits per heavy atom. The second-order valence-corrected chi connectivity index (χ2v) is 6.17. The van der Waals surface area contributed by atoms with Crippen LogP contribution in [-0.2, 0) is 23.2 Å². The molecule has 2 heterocycles. The lowest BCUT2D eigenvalue weighted by molar-refractivity contribution is -0.135. The molecule has 2 aliphatic rings. The molecular weight excluding hydrogens is 279 g/mol. The van der Waals surface area contributed by atoms with Gasteiger partial charge in [-0.05, 0) is 42.2 Å². The van der Waals surface area contributed by atoms with E-state index in [0.717, 1.165) is 36.1 Å². The van der Waals surface area contributed by atoms with Crippen molar-refractivity contribution < 1.29 is 9.18 Å². The van der Waals surface area contributed by atoms with Crippen LogP contribution < -0.4 is 0 Å². The largest absolute Gasteiger partial charge is 0.337 e. The molecule has 1 aliphatic carbocycles. The molecule has 1 aromatic heterocycles. The summed E-state index contributed by atoms with van der Waals surface area (Å²) in [4.78, 5) is 19.3. The second-order valence-electron chi connectivity index (χ2n) is 6.17. The van der Waals surface area contributed by atoms with Gasteiger partial charge in [0.1, 0.15) is 5.82 Å². The van der Waals surface area contributed by atoms with Gasteiger partial charge in [-0.3, -0.25) is 9.78 Å². The maximum absolute atomic E-state index is 13.1. The number of hydrogen-bond acceptors (Lipinski definition) is 2. The number of rotatable bonds is 2. The first-order valence-corrected chi connectivity index (χ1v) is 7.67. The smallest absolute Gasteiger partial charge is 0.233 e. The third-order valence-corrected chi connectivity index (χ3v) is 4.81. The van der Waals surface area contributed by atoms with Gasteiger partial charge in [0.25, 0.3) is 0 Å². The summed E-state index contributed by atoms with van der Waals surface area (Å²) in [6.45, 7) is 1.34. The lowest BCUT2D eigenvalue weighted by Crippen LogP contribution is -2.42. The van der Waals surface area contributed by atoms with Crippen LogP contribution >= 0.6 is 0 Å². The van der Waals surface area contributed by atoms with Crippen LogP contribution in [0.2, 0.25) is 0 Å². The Balaban J connectivity index is 1.59. The van der Waals surface area contributed by atoms with E-state index in [1.807, 2.05) is 17.0 Å². The molecule has 112 valence electrons. The zero-order chi connectivity index (χ0) is 15.2. The highest BCUT2D eigenvalue weighted by molar-refractivity contribution is 5.91. The van der Waals surface area contributed by atoms with Crippen LogP contribution in [0.1, 0.15) is 29.7 Å². The third kappa shape index (κ3) is 2.10. The van der Waals surface area contributed by atoms with Crippen LogP contribution in [0, 0.1) is 5.82 Å². The number of nitrogens with zero attached hydrogens (tertiary/aromatic N) is 2. The molecule has 0 saturated heterocycles. The lowest BCUT2D eigenvalue weighted by atomic mass is 9.93. The minimum absolute atomic E-state index is 0.175. The predicted octanol–water partition coefficient (Wildman–Crippen LogP) is 2.84. The highest BCUT2D eigenvalue weighted by Gasteiger charge is 2.53. The van der Waals surface area contributed by atoms with Crippen LogP contribution in [0.5, 0.6) is 0 Å². The van der Waals surface area contributed by atoms with Crippen molar-refractivity contribution in [1.29, 1.82) is 0 Å². The molecule has 22 heavy (non-hydrogen) atoms. The molecule has 0 radical (unpaired) electrons. The van der Waals surface area contributed by atoms with Crippen molar-refractivity contribution in [2.75, 3.05) is 6.54 Å². The summed E-state index contributed by atoms with van der Waals surface area (Å²) in [6.07, 6.45) is 4.32. The Labute approximate surface area is 128 Å². The summed E-state index contributed by atoms with van der Waals surface area (Å²) >= 11 is 0. The Bertz CT molecular complexity index is 722. The number of carbonyl (C=O) groups is 1. The molecule has 0 unspecified atom stereocenters. The maximum Gasteiger partial charge on any atom is 0.233 e. The van der Waals surface area contributed by atoms with Gasteiger partial charge in [-0.1, -0.05) is 18.2 Å². The zero-order valence-electron chi connectivity index (χ0n) is 12.3. The van der Waals surface area contributed by atoms with Crippen molar-refractivity contribution in [2.45, 2.75) is 31.2 Å². The maximum atomic E-state index is 13.1. The first kappa shape index (κ1) is 13.4. The zero-order valence-corrected chi connectivity index (χ0v) is 12.3. The van der Waals surface area contributed by atoms with Gasteiger partial charge in [0.05, 0.1) is 5.41 Å². The number of pyridine rings is 1. The monoisotopic (exact) mass is 296 g/mol. The molecule has 2 aromatic rings. The quantitative estimate of drug-likeness (QED) is 0.854. The van der Waals surface area contributed by atoms with E-state index in [0.29, 0.717) is 13.1 Å². The standard InChI is InChI=1S/C18H17FN2O/c19-15-5-3-14(4-6-15)18(8-9-18)17(22)21-11-7-16-13(12-21)2-1-10-20-16/h1-6,10H,7-9,11-12H2. The Kier molecular flexibility index (Phi) is 2.99. The molecule has 0 bridgehead atoms. The molecular formula is C18H17FN2O. The van der Waals surface area contributed by atoms with E-state index in [1.54, 1.807) is 18.3 Å². The number of carbonyl (C=O) groups excluding carboxylic acids is 1. The summed E-state index contributed by atoms with van der Waals surface area (Å²) in [5, 5.41) is 0. The Morgan fingerprint density at radius 1 is 1.18 bits per heavy atom. The van der Waals surface area contributed by atoms with Crippen molar-refractivity contribution in [1.82, 2.24) is 9.88 Å². The van der Waals surface area contributed by atoms with Crippen LogP contribution in [0.3, 0.4) is 0 Å². The highest BCUT2D eigenvalue weighted by atomic mass is 19.1. The average Bonchev–Trinajstić information content (AvgIpc) is 3.36. The number of fused-ring (bicyclic) bond motifs is 1. The predicted molar refractivity (Wildman–Crippen MR) is 80.7 cm³/mol. The lowest BCUT2D eigenvalue weighted by Gasteiger charge is -2.31. The Morgan fingerprint density at radius 3 is 2.68 bits per heavy atom. The van der Waals surface area contributed by atoms with Gasteiger partial charge in [0, 0.05) is 31.4 Å². The van der Waals surface area contributed by atoms with Gasteiger partial charge in [0.15, 0.2) is 0 Å². The molecule has 1 amide bonds. The van der Waals surface area contributed by atoms with Crippen molar-refractivity contribution >= 4 is 5.91 Å². The summed E-state index contributed by atoms with van der Waals surface area (Å²) < 4.78 is 13.1. The number of hydrogen-bond donors (Lipinski definition) is 0. The summed E-state index contributed by atoms with van der Waals surface area (Å²) in [6, 6.07) is 10.3. The van der Waals surface area contributed by atoms with E-state index < -0.39 is 5.41 Å². The van der Waals surface area contributed by atoms with Crippen molar-refractivity contribution in [3.8, 4) is 0 Å². The van der Waals surface area contributed by atoms with E-state index in [9.17, 15) is 9.18 Å². The van der Waals surface area contributed by atoms with E-state index in [1.165, 1.54) is 12.1 Å². The molecule has 1 fully saturated rings. The molecule has 4 heteroatoms. The fourth-order valence-electron chi connectivity index (χ4n) is 3.36. The molecule has 0 spiro atoms. The van der Waals surface area contributed by atoms with Gasteiger partial charge >= 0.3 is 0 Å². The first-order chi connectivity index (χ1) is 10.7. The van der Waals surface area contributed by atoms with Crippen LogP contribution in [0.4, 0.5) is 4.39 Å². The number of amides is 1. The van der Waals surface area contributed by atoms with Crippen LogP contribution in [0.25, 0.3) is 0 Å². The topological polar surface area (TPSA) is 33.2 Å².